The molecule has 1 aromatic heterocycles. The molecule has 2 amide bonds. The number of anilines is 1. The molecule has 2 aliphatic heterocycles. The summed E-state index contributed by atoms with van der Waals surface area (Å²) in [5.41, 5.74) is 4.28. The first-order valence-corrected chi connectivity index (χ1v) is 11.6. The van der Waals surface area contributed by atoms with Gasteiger partial charge < -0.3 is 19.6 Å². The Hall–Kier alpha value is -4.54. The summed E-state index contributed by atoms with van der Waals surface area (Å²) >= 11 is 0. The number of aliphatic carboxylic acids is 2. The van der Waals surface area contributed by atoms with Crippen molar-refractivity contribution in [2.45, 2.75) is 32.1 Å². The highest BCUT2D eigenvalue weighted by molar-refractivity contribution is 6.22. The molecule has 3 aromatic rings. The van der Waals surface area contributed by atoms with Gasteiger partial charge in [0.15, 0.2) is 5.58 Å². The monoisotopic (exact) mass is 509 g/mol. The van der Waals surface area contributed by atoms with Crippen molar-refractivity contribution < 1.29 is 38.3 Å². The fourth-order valence-corrected chi connectivity index (χ4v) is 4.73. The van der Waals surface area contributed by atoms with Crippen LogP contribution in [-0.2, 0) is 16.0 Å². The number of halogens is 1. The summed E-state index contributed by atoms with van der Waals surface area (Å²) < 4.78 is 18.7. The number of rotatable bonds is 5. The normalized spacial score (nSPS) is 15.5. The Morgan fingerprint density at radius 1 is 1.11 bits per heavy atom. The predicted molar refractivity (Wildman–Crippen MR) is 130 cm³/mol. The van der Waals surface area contributed by atoms with E-state index in [2.05, 4.69) is 15.4 Å². The molecule has 3 N–H and O–H groups in total. The van der Waals surface area contributed by atoms with Crippen LogP contribution in [0.15, 0.2) is 47.0 Å². The van der Waals surface area contributed by atoms with Crippen LogP contribution in [0.5, 0.6) is 0 Å². The molecule has 0 bridgehead atoms. The third-order valence-electron chi connectivity index (χ3n) is 6.39. The summed E-state index contributed by atoms with van der Waals surface area (Å²) in [6.45, 7) is 3.62. The standard InChI is InChI=1S/C22H20FN3O3.C4H4O4/c1-2-14-17(6-5-16-19(14)22(28)24-21(16)27)26-9-7-12(8-10-26)20-15-4-3-13(23)11-18(15)29-25-20;5-3(6)1-2-4(7)8/h3-6,11-12H,2,7-10H2,1H3,(H,24,27,28);1-2H,(H,5,6)(H,7,8). The number of hydrogen-bond acceptors (Lipinski definition) is 7. The number of nitrogens with zero attached hydrogens (tertiary/aromatic N) is 2. The molecule has 1 fully saturated rings. The number of fused-ring (bicyclic) bond motifs is 2. The van der Waals surface area contributed by atoms with Crippen LogP contribution in [0.1, 0.15) is 57.7 Å². The molecule has 0 radical (unpaired) electrons. The summed E-state index contributed by atoms with van der Waals surface area (Å²) in [5, 5.41) is 23.1. The Balaban J connectivity index is 0.000000349. The van der Waals surface area contributed by atoms with Gasteiger partial charge in [-0.25, -0.2) is 14.0 Å². The second-order valence-electron chi connectivity index (χ2n) is 8.60. The lowest BCUT2D eigenvalue weighted by atomic mass is 9.90. The van der Waals surface area contributed by atoms with Crippen LogP contribution in [0.25, 0.3) is 11.0 Å². The van der Waals surface area contributed by atoms with Gasteiger partial charge >= 0.3 is 11.9 Å². The summed E-state index contributed by atoms with van der Waals surface area (Å²) in [4.78, 5) is 45.6. The smallest absolute Gasteiger partial charge is 0.328 e. The Bertz CT molecular complexity index is 1410. The van der Waals surface area contributed by atoms with Crippen molar-refractivity contribution in [3.8, 4) is 0 Å². The second kappa shape index (κ2) is 10.6. The first-order chi connectivity index (χ1) is 17.7. The number of hydrogen-bond donors (Lipinski definition) is 3. The molecule has 0 aliphatic carbocycles. The van der Waals surface area contributed by atoms with E-state index in [0.29, 0.717) is 35.3 Å². The highest BCUT2D eigenvalue weighted by atomic mass is 19.1. The minimum absolute atomic E-state index is 0.238. The lowest BCUT2D eigenvalue weighted by molar-refractivity contribution is -0.134. The van der Waals surface area contributed by atoms with E-state index in [0.717, 1.165) is 48.3 Å². The van der Waals surface area contributed by atoms with Gasteiger partial charge in [0, 0.05) is 48.3 Å². The maximum absolute atomic E-state index is 13.4. The van der Waals surface area contributed by atoms with Gasteiger partial charge in [0.1, 0.15) is 5.82 Å². The Labute approximate surface area is 210 Å². The van der Waals surface area contributed by atoms with E-state index >= 15 is 0 Å². The largest absolute Gasteiger partial charge is 0.478 e. The molecular formula is C26H24FN3O7. The van der Waals surface area contributed by atoms with Crippen LogP contribution in [0, 0.1) is 5.82 Å². The van der Waals surface area contributed by atoms with Crippen molar-refractivity contribution >= 4 is 40.4 Å². The topological polar surface area (TPSA) is 150 Å². The number of benzene rings is 2. The molecule has 0 unspecified atom stereocenters. The number of amides is 2. The van der Waals surface area contributed by atoms with E-state index < -0.39 is 11.9 Å². The van der Waals surface area contributed by atoms with Gasteiger partial charge in [-0.05, 0) is 49.1 Å². The summed E-state index contributed by atoms with van der Waals surface area (Å²) in [7, 11) is 0. The van der Waals surface area contributed by atoms with Gasteiger partial charge in [-0.1, -0.05) is 12.1 Å². The first-order valence-electron chi connectivity index (χ1n) is 11.6. The average molecular weight is 509 g/mol. The molecular weight excluding hydrogens is 485 g/mol. The van der Waals surface area contributed by atoms with E-state index in [1.807, 2.05) is 13.0 Å². The lowest BCUT2D eigenvalue weighted by Crippen LogP contribution is -2.34. The van der Waals surface area contributed by atoms with E-state index in [1.165, 1.54) is 12.1 Å². The van der Waals surface area contributed by atoms with Crippen molar-refractivity contribution in [2.24, 2.45) is 0 Å². The molecule has 0 spiro atoms. The minimum Gasteiger partial charge on any atom is -0.478 e. The fraction of sp³-hybridized carbons (Fsp3) is 0.269. The van der Waals surface area contributed by atoms with Crippen LogP contribution in [0.4, 0.5) is 10.1 Å². The first kappa shape index (κ1) is 25.5. The highest BCUT2D eigenvalue weighted by Gasteiger charge is 2.32. The van der Waals surface area contributed by atoms with Gasteiger partial charge in [-0.3, -0.25) is 14.9 Å². The molecule has 2 aliphatic rings. The second-order valence-corrected chi connectivity index (χ2v) is 8.60. The van der Waals surface area contributed by atoms with Gasteiger partial charge in [0.25, 0.3) is 11.8 Å². The molecule has 2 aromatic carbocycles. The quantitative estimate of drug-likeness (QED) is 0.347. The third kappa shape index (κ3) is 5.35. The van der Waals surface area contributed by atoms with Crippen LogP contribution >= 0.6 is 0 Å². The molecule has 10 nitrogen and oxygen atoms in total. The number of imide groups is 1. The van der Waals surface area contributed by atoms with Gasteiger partial charge in [0.2, 0.25) is 0 Å². The molecule has 0 atom stereocenters. The van der Waals surface area contributed by atoms with Gasteiger partial charge in [0.05, 0.1) is 16.8 Å². The maximum Gasteiger partial charge on any atom is 0.328 e. The maximum atomic E-state index is 13.4. The molecule has 11 heteroatoms. The molecule has 0 saturated carbocycles. The minimum atomic E-state index is -1.26. The Kier molecular flexibility index (Phi) is 7.32. The van der Waals surface area contributed by atoms with E-state index in [9.17, 15) is 23.6 Å². The fourth-order valence-electron chi connectivity index (χ4n) is 4.73. The van der Waals surface area contributed by atoms with Crippen LogP contribution in [0.3, 0.4) is 0 Å². The van der Waals surface area contributed by atoms with E-state index in [4.69, 9.17) is 14.7 Å². The molecule has 192 valence electrons. The zero-order valence-electron chi connectivity index (χ0n) is 19.9. The Morgan fingerprint density at radius 2 is 1.78 bits per heavy atom. The average Bonchev–Trinajstić information content (AvgIpc) is 3.42. The van der Waals surface area contributed by atoms with E-state index in [1.54, 1.807) is 12.1 Å². The molecule has 37 heavy (non-hydrogen) atoms. The summed E-state index contributed by atoms with van der Waals surface area (Å²) in [5.74, 6) is -3.23. The third-order valence-corrected chi connectivity index (χ3v) is 6.39. The van der Waals surface area contributed by atoms with Crippen molar-refractivity contribution in [2.75, 3.05) is 18.0 Å². The zero-order valence-corrected chi connectivity index (χ0v) is 19.9. The number of aromatic nitrogens is 1. The van der Waals surface area contributed by atoms with Gasteiger partial charge in [-0.15, -0.1) is 0 Å². The molecule has 3 heterocycles. The van der Waals surface area contributed by atoms with Crippen LogP contribution < -0.4 is 10.2 Å². The summed E-state index contributed by atoms with van der Waals surface area (Å²) in [6.07, 6.45) is 3.55. The SMILES string of the molecule is CCc1c(N2CCC(c3noc4cc(F)ccc34)CC2)ccc2c1C(=O)NC2=O.O=C(O)C=CC(=O)O. The number of carboxylic acid groups (broad SMARTS) is 2. The number of carbonyl (C=O) groups excluding carboxylic acids is 2. The molecule has 1 saturated heterocycles. The lowest BCUT2D eigenvalue weighted by Gasteiger charge is -2.34. The predicted octanol–water partition coefficient (Wildman–Crippen LogP) is 3.51. The highest BCUT2D eigenvalue weighted by Crippen LogP contribution is 2.37. The number of carboxylic acids is 2. The van der Waals surface area contributed by atoms with Crippen LogP contribution in [0.2, 0.25) is 0 Å². The van der Waals surface area contributed by atoms with Gasteiger partial charge in [-0.2, -0.15) is 0 Å². The zero-order chi connectivity index (χ0) is 26.7. The Morgan fingerprint density at radius 3 is 2.41 bits per heavy atom. The number of carbonyl (C=O) groups is 4. The van der Waals surface area contributed by atoms with Crippen LogP contribution in [-0.4, -0.2) is 52.2 Å². The van der Waals surface area contributed by atoms with Crippen molar-refractivity contribution in [1.82, 2.24) is 10.5 Å². The van der Waals surface area contributed by atoms with Crippen molar-refractivity contribution in [3.05, 3.63) is 70.7 Å². The number of nitrogens with one attached hydrogen (secondary N) is 1. The number of piperidine rings is 1. The van der Waals surface area contributed by atoms with Crippen molar-refractivity contribution in [1.29, 1.82) is 0 Å². The summed E-state index contributed by atoms with van der Waals surface area (Å²) in [6, 6.07) is 8.22. The molecule has 5 rings (SSSR count). The van der Waals surface area contributed by atoms with Crippen molar-refractivity contribution in [3.63, 3.8) is 0 Å². The van der Waals surface area contributed by atoms with E-state index in [-0.39, 0.29) is 23.5 Å².